The lowest BCUT2D eigenvalue weighted by Crippen LogP contribution is -1.94. The molecule has 0 unspecified atom stereocenters. The third-order valence-corrected chi connectivity index (χ3v) is 2.88. The van der Waals surface area contributed by atoms with Gasteiger partial charge in [0.05, 0.1) is 0 Å². The van der Waals surface area contributed by atoms with E-state index in [-0.39, 0.29) is 5.78 Å². The zero-order chi connectivity index (χ0) is 12.5. The molecule has 0 aliphatic rings. The third-order valence-electron chi connectivity index (χ3n) is 2.88. The van der Waals surface area contributed by atoms with Crippen LogP contribution in [0.3, 0.4) is 0 Å². The second-order valence-corrected chi connectivity index (χ2v) is 4.16. The van der Waals surface area contributed by atoms with E-state index < -0.39 is 0 Å². The highest BCUT2D eigenvalue weighted by Crippen LogP contribution is 2.22. The molecular weight excluding hydrogens is 226 g/mol. The first-order valence-electron chi connectivity index (χ1n) is 5.63. The molecule has 0 amide bonds. The average molecular weight is 237 g/mol. The molecule has 1 N–H and O–H groups in total. The molecule has 0 radical (unpaired) electrons. The highest BCUT2D eigenvalue weighted by molar-refractivity contribution is 5.95. The summed E-state index contributed by atoms with van der Waals surface area (Å²) in [7, 11) is 0. The van der Waals surface area contributed by atoms with Gasteiger partial charge < -0.3 is 4.98 Å². The fourth-order valence-corrected chi connectivity index (χ4v) is 1.89. The van der Waals surface area contributed by atoms with Crippen molar-refractivity contribution in [3.63, 3.8) is 0 Å². The average Bonchev–Trinajstić information content (AvgIpc) is 2.86. The maximum Gasteiger partial charge on any atom is 0.161 e. The van der Waals surface area contributed by atoms with Crippen molar-refractivity contribution in [1.82, 2.24) is 15.0 Å². The number of hydrogen-bond donors (Lipinski definition) is 1. The van der Waals surface area contributed by atoms with Gasteiger partial charge in [-0.25, -0.2) is 4.98 Å². The number of hydrogen-bond acceptors (Lipinski definition) is 3. The minimum atomic E-state index is 0.0139. The first kappa shape index (κ1) is 10.7. The maximum absolute atomic E-state index is 11.3. The van der Waals surface area contributed by atoms with E-state index >= 15 is 0 Å². The number of carbonyl (C=O) groups excluding carboxylic acids is 1. The predicted octanol–water partition coefficient (Wildman–Crippen LogP) is 2.83. The van der Waals surface area contributed by atoms with E-state index in [0.717, 1.165) is 22.2 Å². The van der Waals surface area contributed by atoms with E-state index in [9.17, 15) is 4.79 Å². The van der Waals surface area contributed by atoms with Gasteiger partial charge in [0.15, 0.2) is 5.78 Å². The molecule has 3 heterocycles. The van der Waals surface area contributed by atoms with E-state index in [1.165, 1.54) is 6.92 Å². The van der Waals surface area contributed by atoms with Crippen LogP contribution in [0, 0.1) is 0 Å². The fraction of sp³-hybridized carbons (Fsp3) is 0.0714. The smallest absolute Gasteiger partial charge is 0.161 e. The van der Waals surface area contributed by atoms with Crippen LogP contribution < -0.4 is 0 Å². The molecule has 3 aromatic heterocycles. The van der Waals surface area contributed by atoms with Gasteiger partial charge in [-0.15, -0.1) is 0 Å². The van der Waals surface area contributed by atoms with Crippen molar-refractivity contribution in [2.75, 3.05) is 0 Å². The van der Waals surface area contributed by atoms with Gasteiger partial charge >= 0.3 is 0 Å². The van der Waals surface area contributed by atoms with Crippen LogP contribution in [0.2, 0.25) is 0 Å². The second-order valence-electron chi connectivity index (χ2n) is 4.16. The lowest BCUT2D eigenvalue weighted by atomic mass is 10.1. The molecule has 3 aromatic rings. The highest BCUT2D eigenvalue weighted by Gasteiger charge is 2.05. The summed E-state index contributed by atoms with van der Waals surface area (Å²) in [4.78, 5) is 22.8. The van der Waals surface area contributed by atoms with Crippen molar-refractivity contribution >= 4 is 16.8 Å². The molecule has 0 bridgehead atoms. The summed E-state index contributed by atoms with van der Waals surface area (Å²) < 4.78 is 0. The van der Waals surface area contributed by atoms with Crippen LogP contribution >= 0.6 is 0 Å². The SMILES string of the molecule is CC(=O)c1cncc(-c2cnc3[nH]ccc3c2)c1. The van der Waals surface area contributed by atoms with Gasteiger partial charge in [0.2, 0.25) is 0 Å². The molecule has 0 saturated carbocycles. The molecule has 0 fully saturated rings. The Kier molecular flexibility index (Phi) is 2.41. The number of nitrogens with one attached hydrogen (secondary N) is 1. The molecule has 3 rings (SSSR count). The number of aromatic nitrogens is 3. The Morgan fingerprint density at radius 2 is 2.00 bits per heavy atom. The molecule has 0 aromatic carbocycles. The monoisotopic (exact) mass is 237 g/mol. The third kappa shape index (κ3) is 1.78. The summed E-state index contributed by atoms with van der Waals surface area (Å²) >= 11 is 0. The topological polar surface area (TPSA) is 58.6 Å². The van der Waals surface area contributed by atoms with Crippen molar-refractivity contribution in [3.05, 3.63) is 48.5 Å². The molecule has 0 aliphatic heterocycles. The Bertz CT molecular complexity index is 730. The zero-order valence-corrected chi connectivity index (χ0v) is 9.84. The minimum Gasteiger partial charge on any atom is -0.346 e. The van der Waals surface area contributed by atoms with Crippen LogP contribution in [-0.2, 0) is 0 Å². The van der Waals surface area contributed by atoms with Crippen molar-refractivity contribution in [2.45, 2.75) is 6.92 Å². The van der Waals surface area contributed by atoms with E-state index in [2.05, 4.69) is 15.0 Å². The number of Topliss-reactive ketones (excluding diaryl/α,β-unsaturated/α-hetero) is 1. The lowest BCUT2D eigenvalue weighted by molar-refractivity contribution is 0.101. The number of fused-ring (bicyclic) bond motifs is 1. The summed E-state index contributed by atoms with van der Waals surface area (Å²) in [6, 6.07) is 5.83. The van der Waals surface area contributed by atoms with Crippen LogP contribution in [-0.4, -0.2) is 20.7 Å². The Balaban J connectivity index is 2.13. The number of carbonyl (C=O) groups is 1. The van der Waals surface area contributed by atoms with Crippen molar-refractivity contribution in [2.24, 2.45) is 0 Å². The number of ketones is 1. The molecule has 4 heteroatoms. The van der Waals surface area contributed by atoms with Gasteiger partial charge in [0.25, 0.3) is 0 Å². The first-order chi connectivity index (χ1) is 8.74. The summed E-state index contributed by atoms with van der Waals surface area (Å²) in [6.45, 7) is 1.54. The quantitative estimate of drug-likeness (QED) is 0.697. The first-order valence-corrected chi connectivity index (χ1v) is 5.63. The standard InChI is InChI=1S/C14H11N3O/c1-9(18)11-5-12(7-15-6-11)13-4-10-2-3-16-14(10)17-8-13/h2-8H,1H3,(H,16,17). The van der Waals surface area contributed by atoms with Crippen molar-refractivity contribution in [3.8, 4) is 11.1 Å². The normalized spacial score (nSPS) is 10.7. The molecular formula is C14H11N3O. The number of H-pyrrole nitrogens is 1. The van der Waals surface area contributed by atoms with Gasteiger partial charge in [-0.05, 0) is 25.1 Å². The van der Waals surface area contributed by atoms with E-state index in [1.54, 1.807) is 18.6 Å². The molecule has 88 valence electrons. The summed E-state index contributed by atoms with van der Waals surface area (Å²) in [5.41, 5.74) is 3.33. The van der Waals surface area contributed by atoms with Crippen LogP contribution in [0.1, 0.15) is 17.3 Å². The summed E-state index contributed by atoms with van der Waals surface area (Å²) in [6.07, 6.45) is 6.95. The van der Waals surface area contributed by atoms with Gasteiger partial charge in [-0.3, -0.25) is 9.78 Å². The molecule has 18 heavy (non-hydrogen) atoms. The Hall–Kier alpha value is -2.49. The van der Waals surface area contributed by atoms with E-state index in [0.29, 0.717) is 5.56 Å². The fourth-order valence-electron chi connectivity index (χ4n) is 1.89. The molecule has 0 spiro atoms. The Labute approximate surface area is 104 Å². The van der Waals surface area contributed by atoms with Crippen LogP contribution in [0.4, 0.5) is 0 Å². The molecule has 0 aliphatic carbocycles. The largest absolute Gasteiger partial charge is 0.346 e. The predicted molar refractivity (Wildman–Crippen MR) is 69.3 cm³/mol. The van der Waals surface area contributed by atoms with E-state index in [1.807, 2.05) is 24.4 Å². The van der Waals surface area contributed by atoms with Gasteiger partial charge in [-0.2, -0.15) is 0 Å². The van der Waals surface area contributed by atoms with Crippen LogP contribution in [0.15, 0.2) is 43.0 Å². The maximum atomic E-state index is 11.3. The zero-order valence-electron chi connectivity index (χ0n) is 9.84. The Morgan fingerprint density at radius 3 is 2.83 bits per heavy atom. The minimum absolute atomic E-state index is 0.0139. The van der Waals surface area contributed by atoms with Gasteiger partial charge in [-0.1, -0.05) is 0 Å². The Morgan fingerprint density at radius 1 is 1.17 bits per heavy atom. The van der Waals surface area contributed by atoms with E-state index in [4.69, 9.17) is 0 Å². The number of pyridine rings is 2. The molecule has 0 saturated heterocycles. The molecule has 4 nitrogen and oxygen atoms in total. The second kappa shape index (κ2) is 4.07. The van der Waals surface area contributed by atoms with Crippen LogP contribution in [0.25, 0.3) is 22.2 Å². The lowest BCUT2D eigenvalue weighted by Gasteiger charge is -2.02. The summed E-state index contributed by atoms with van der Waals surface area (Å²) in [5, 5.41) is 1.04. The van der Waals surface area contributed by atoms with Gasteiger partial charge in [0.1, 0.15) is 5.65 Å². The molecule has 0 atom stereocenters. The van der Waals surface area contributed by atoms with Crippen LogP contribution in [0.5, 0.6) is 0 Å². The number of aromatic amines is 1. The van der Waals surface area contributed by atoms with Crippen molar-refractivity contribution in [1.29, 1.82) is 0 Å². The van der Waals surface area contributed by atoms with Crippen molar-refractivity contribution < 1.29 is 4.79 Å². The number of nitrogens with zero attached hydrogens (tertiary/aromatic N) is 2. The summed E-state index contributed by atoms with van der Waals surface area (Å²) in [5.74, 6) is 0.0139. The number of rotatable bonds is 2. The van der Waals surface area contributed by atoms with Gasteiger partial charge in [0, 0.05) is 46.9 Å². The highest BCUT2D eigenvalue weighted by atomic mass is 16.1.